The molecule has 2 aliphatic rings. The Kier molecular flexibility index (Phi) is 4.45. The number of piperidine rings is 1. The number of fused-ring (bicyclic) bond motifs is 1. The number of methoxy groups -OCH3 is 1. The molecule has 0 saturated carbocycles. The van der Waals surface area contributed by atoms with Gasteiger partial charge >= 0.3 is 0 Å². The van der Waals surface area contributed by atoms with Crippen LogP contribution >= 0.6 is 0 Å². The van der Waals surface area contributed by atoms with Crippen LogP contribution in [0.25, 0.3) is 0 Å². The monoisotopic (exact) mass is 336 g/mol. The normalized spacial score (nSPS) is 18.4. The van der Waals surface area contributed by atoms with Crippen molar-refractivity contribution < 1.29 is 9.53 Å². The number of nitrogens with zero attached hydrogens (tertiary/aromatic N) is 2. The van der Waals surface area contributed by atoms with Crippen LogP contribution < -0.4 is 4.74 Å². The SMILES string of the molecule is COc1ccc(CN2CCC(N3Cc4ccccc4C3=O)CC2)cc1. The third kappa shape index (κ3) is 3.27. The van der Waals surface area contributed by atoms with Crippen LogP contribution in [0, 0.1) is 0 Å². The van der Waals surface area contributed by atoms with Crippen LogP contribution in [-0.4, -0.2) is 41.9 Å². The number of rotatable bonds is 4. The summed E-state index contributed by atoms with van der Waals surface area (Å²) < 4.78 is 5.22. The van der Waals surface area contributed by atoms with E-state index in [1.165, 1.54) is 11.1 Å². The minimum Gasteiger partial charge on any atom is -0.497 e. The van der Waals surface area contributed by atoms with Gasteiger partial charge in [0.25, 0.3) is 5.91 Å². The maximum Gasteiger partial charge on any atom is 0.254 e. The summed E-state index contributed by atoms with van der Waals surface area (Å²) in [6.07, 6.45) is 2.10. The fraction of sp³-hybridized carbons (Fsp3) is 0.381. The van der Waals surface area contributed by atoms with Crippen LogP contribution in [0.2, 0.25) is 0 Å². The number of carbonyl (C=O) groups is 1. The lowest BCUT2D eigenvalue weighted by Crippen LogP contribution is -2.44. The Morgan fingerprint density at radius 1 is 1.04 bits per heavy atom. The van der Waals surface area contributed by atoms with Gasteiger partial charge in [0.05, 0.1) is 7.11 Å². The molecule has 2 aromatic rings. The van der Waals surface area contributed by atoms with Crippen molar-refractivity contribution in [2.75, 3.05) is 20.2 Å². The fourth-order valence-electron chi connectivity index (χ4n) is 3.95. The molecule has 0 radical (unpaired) electrons. The highest BCUT2D eigenvalue weighted by molar-refractivity contribution is 5.98. The Morgan fingerprint density at radius 3 is 2.44 bits per heavy atom. The number of hydrogen-bond acceptors (Lipinski definition) is 3. The number of amides is 1. The molecule has 4 nitrogen and oxygen atoms in total. The highest BCUT2D eigenvalue weighted by Crippen LogP contribution is 2.28. The molecular formula is C21H24N2O2. The molecule has 0 aromatic heterocycles. The number of likely N-dealkylation sites (tertiary alicyclic amines) is 1. The first-order chi connectivity index (χ1) is 12.2. The van der Waals surface area contributed by atoms with E-state index in [0.717, 1.165) is 50.3 Å². The van der Waals surface area contributed by atoms with E-state index in [1.54, 1.807) is 7.11 Å². The van der Waals surface area contributed by atoms with E-state index in [2.05, 4.69) is 28.0 Å². The third-order valence-electron chi connectivity index (χ3n) is 5.41. The smallest absolute Gasteiger partial charge is 0.254 e. The van der Waals surface area contributed by atoms with Gasteiger partial charge in [0.2, 0.25) is 0 Å². The number of benzene rings is 2. The van der Waals surface area contributed by atoms with Crippen molar-refractivity contribution in [1.29, 1.82) is 0 Å². The molecular weight excluding hydrogens is 312 g/mol. The Hall–Kier alpha value is -2.33. The van der Waals surface area contributed by atoms with Gasteiger partial charge < -0.3 is 9.64 Å². The minimum absolute atomic E-state index is 0.212. The van der Waals surface area contributed by atoms with Gasteiger partial charge in [0, 0.05) is 37.8 Å². The maximum atomic E-state index is 12.6. The lowest BCUT2D eigenvalue weighted by molar-refractivity contribution is 0.0590. The number of carbonyl (C=O) groups excluding carboxylic acids is 1. The van der Waals surface area contributed by atoms with Crippen molar-refractivity contribution in [3.63, 3.8) is 0 Å². The molecule has 25 heavy (non-hydrogen) atoms. The molecule has 2 aromatic carbocycles. The zero-order valence-corrected chi connectivity index (χ0v) is 14.6. The lowest BCUT2D eigenvalue weighted by atomic mass is 10.0. The molecule has 130 valence electrons. The largest absolute Gasteiger partial charge is 0.497 e. The summed E-state index contributed by atoms with van der Waals surface area (Å²) in [4.78, 5) is 17.2. The van der Waals surface area contributed by atoms with Gasteiger partial charge in [0.1, 0.15) is 5.75 Å². The second-order valence-corrected chi connectivity index (χ2v) is 6.95. The predicted octanol–water partition coefficient (Wildman–Crippen LogP) is 3.32. The van der Waals surface area contributed by atoms with E-state index < -0.39 is 0 Å². The van der Waals surface area contributed by atoms with Crippen LogP contribution in [0.3, 0.4) is 0 Å². The van der Waals surface area contributed by atoms with Gasteiger partial charge in [-0.1, -0.05) is 30.3 Å². The van der Waals surface area contributed by atoms with Gasteiger partial charge in [-0.2, -0.15) is 0 Å². The van der Waals surface area contributed by atoms with Crippen molar-refractivity contribution in [3.8, 4) is 5.75 Å². The average molecular weight is 336 g/mol. The molecule has 0 bridgehead atoms. The van der Waals surface area contributed by atoms with Crippen molar-refractivity contribution >= 4 is 5.91 Å². The maximum absolute atomic E-state index is 12.6. The molecule has 1 amide bonds. The van der Waals surface area contributed by atoms with Gasteiger partial charge in [-0.15, -0.1) is 0 Å². The molecule has 4 rings (SSSR count). The second-order valence-electron chi connectivity index (χ2n) is 6.95. The Labute approximate surface area is 149 Å². The van der Waals surface area contributed by atoms with E-state index in [9.17, 15) is 4.79 Å². The van der Waals surface area contributed by atoms with Crippen LogP contribution in [0.15, 0.2) is 48.5 Å². The molecule has 1 fully saturated rings. The van der Waals surface area contributed by atoms with Crippen molar-refractivity contribution in [2.24, 2.45) is 0 Å². The first-order valence-corrected chi connectivity index (χ1v) is 8.99. The van der Waals surface area contributed by atoms with E-state index in [4.69, 9.17) is 4.74 Å². The summed E-state index contributed by atoms with van der Waals surface area (Å²) >= 11 is 0. The molecule has 0 unspecified atom stereocenters. The first kappa shape index (κ1) is 16.2. The standard InChI is InChI=1S/C21H24N2O2/c1-25-19-8-6-16(7-9-19)14-22-12-10-18(11-13-22)23-15-17-4-2-3-5-20(17)21(23)24/h2-9,18H,10-15H2,1H3. The van der Waals surface area contributed by atoms with Crippen molar-refractivity contribution in [1.82, 2.24) is 9.80 Å². The fourth-order valence-corrected chi connectivity index (χ4v) is 3.95. The van der Waals surface area contributed by atoms with Crippen molar-refractivity contribution in [3.05, 3.63) is 65.2 Å². The zero-order chi connectivity index (χ0) is 17.2. The molecule has 2 aliphatic heterocycles. The summed E-state index contributed by atoms with van der Waals surface area (Å²) in [5.41, 5.74) is 3.38. The molecule has 0 N–H and O–H groups in total. The topological polar surface area (TPSA) is 32.8 Å². The van der Waals surface area contributed by atoms with E-state index in [-0.39, 0.29) is 5.91 Å². The molecule has 2 heterocycles. The quantitative estimate of drug-likeness (QED) is 0.859. The third-order valence-corrected chi connectivity index (χ3v) is 5.41. The molecule has 0 spiro atoms. The van der Waals surface area contributed by atoms with Crippen LogP contribution in [0.5, 0.6) is 5.75 Å². The lowest BCUT2D eigenvalue weighted by Gasteiger charge is -2.36. The number of ether oxygens (including phenoxy) is 1. The minimum atomic E-state index is 0.212. The van der Waals surface area contributed by atoms with E-state index in [1.807, 2.05) is 30.3 Å². The Morgan fingerprint density at radius 2 is 1.76 bits per heavy atom. The van der Waals surface area contributed by atoms with Gasteiger partial charge in [-0.25, -0.2) is 0 Å². The first-order valence-electron chi connectivity index (χ1n) is 8.99. The number of hydrogen-bond donors (Lipinski definition) is 0. The highest BCUT2D eigenvalue weighted by atomic mass is 16.5. The van der Waals surface area contributed by atoms with Crippen LogP contribution in [0.4, 0.5) is 0 Å². The zero-order valence-electron chi connectivity index (χ0n) is 14.6. The molecule has 0 aliphatic carbocycles. The molecule has 0 atom stereocenters. The Bertz CT molecular complexity index is 749. The summed E-state index contributed by atoms with van der Waals surface area (Å²) in [7, 11) is 1.69. The molecule has 4 heteroatoms. The summed E-state index contributed by atoms with van der Waals surface area (Å²) in [5, 5.41) is 0. The predicted molar refractivity (Wildman–Crippen MR) is 97.6 cm³/mol. The van der Waals surface area contributed by atoms with Gasteiger partial charge in [-0.3, -0.25) is 9.69 Å². The summed E-state index contributed by atoms with van der Waals surface area (Å²) in [6.45, 7) is 3.82. The summed E-state index contributed by atoms with van der Waals surface area (Å²) in [6, 6.07) is 16.7. The molecule has 1 saturated heterocycles. The Balaban J connectivity index is 1.33. The second kappa shape index (κ2) is 6.89. The van der Waals surface area contributed by atoms with Crippen molar-refractivity contribution in [2.45, 2.75) is 32.0 Å². The van der Waals surface area contributed by atoms with E-state index in [0.29, 0.717) is 6.04 Å². The van der Waals surface area contributed by atoms with E-state index >= 15 is 0 Å². The average Bonchev–Trinajstić information content (AvgIpc) is 3.00. The van der Waals surface area contributed by atoms with Gasteiger partial charge in [0.15, 0.2) is 0 Å². The highest BCUT2D eigenvalue weighted by Gasteiger charge is 2.34. The van der Waals surface area contributed by atoms with Crippen LogP contribution in [-0.2, 0) is 13.1 Å². The summed E-state index contributed by atoms with van der Waals surface area (Å²) in [5.74, 6) is 1.11. The van der Waals surface area contributed by atoms with Gasteiger partial charge in [-0.05, 0) is 42.2 Å². The van der Waals surface area contributed by atoms with Crippen LogP contribution in [0.1, 0.15) is 34.3 Å².